The van der Waals surface area contributed by atoms with Crippen LogP contribution in [0.25, 0.3) is 0 Å². The lowest BCUT2D eigenvalue weighted by molar-refractivity contribution is -0.143. The molecule has 2 aromatic heterocycles. The Hall–Kier alpha value is -2.59. The Morgan fingerprint density at radius 3 is 2.57 bits per heavy atom. The Kier molecular flexibility index (Phi) is 5.35. The van der Waals surface area contributed by atoms with E-state index in [4.69, 9.17) is 23.2 Å². The molecule has 1 N–H and O–H groups in total. The Morgan fingerprint density at radius 1 is 1.25 bits per heavy atom. The van der Waals surface area contributed by atoms with Gasteiger partial charge < -0.3 is 5.32 Å². The third kappa shape index (κ3) is 4.12. The van der Waals surface area contributed by atoms with E-state index in [1.165, 1.54) is 29.1 Å². The van der Waals surface area contributed by atoms with Crippen molar-refractivity contribution in [2.45, 2.75) is 12.7 Å². The molecule has 0 bridgehead atoms. The molecule has 3 aromatic rings. The number of nitrogens with one attached hydrogen (secondary N) is 1. The zero-order chi connectivity index (χ0) is 20.6. The number of aryl methyl sites for hydroxylation is 1. The number of carbonyl (C=O) groups excluding carboxylic acids is 1. The standard InChI is InChI=1S/C16H11Cl2F4N5O/c1-26-13(16(20,21)22)11(18)12(24-26)15(28)23-14-10(17)7-27(25-14)6-8-3-2-4-9(19)5-8/h2-5,7H,6H2,1H3,(H,23,25,28). The second-order valence-corrected chi connectivity index (χ2v) is 6.52. The molecular weight excluding hydrogens is 425 g/mol. The van der Waals surface area contributed by atoms with Crippen molar-refractivity contribution in [2.75, 3.05) is 5.32 Å². The molecule has 28 heavy (non-hydrogen) atoms. The quantitative estimate of drug-likeness (QED) is 0.618. The van der Waals surface area contributed by atoms with Gasteiger partial charge >= 0.3 is 6.18 Å². The van der Waals surface area contributed by atoms with Crippen molar-refractivity contribution in [3.8, 4) is 0 Å². The van der Waals surface area contributed by atoms with Crippen LogP contribution in [-0.4, -0.2) is 25.5 Å². The summed E-state index contributed by atoms with van der Waals surface area (Å²) >= 11 is 11.7. The van der Waals surface area contributed by atoms with Gasteiger partial charge in [0.2, 0.25) is 0 Å². The molecule has 0 saturated carbocycles. The van der Waals surface area contributed by atoms with Gasteiger partial charge in [0, 0.05) is 13.2 Å². The number of halogens is 6. The van der Waals surface area contributed by atoms with Crippen LogP contribution in [0.15, 0.2) is 30.5 Å². The van der Waals surface area contributed by atoms with Crippen molar-refractivity contribution in [1.29, 1.82) is 0 Å². The molecule has 2 heterocycles. The summed E-state index contributed by atoms with van der Waals surface area (Å²) in [6, 6.07) is 5.79. The lowest BCUT2D eigenvalue weighted by Gasteiger charge is -2.06. The Bertz CT molecular complexity index is 1040. The van der Waals surface area contributed by atoms with Crippen molar-refractivity contribution in [1.82, 2.24) is 19.6 Å². The Morgan fingerprint density at radius 2 is 1.96 bits per heavy atom. The molecule has 1 aromatic carbocycles. The number of anilines is 1. The lowest BCUT2D eigenvalue weighted by atomic mass is 10.2. The average Bonchev–Trinajstić information content (AvgIpc) is 3.06. The number of alkyl halides is 3. The molecule has 6 nitrogen and oxygen atoms in total. The summed E-state index contributed by atoms with van der Waals surface area (Å²) in [6.45, 7) is 0.163. The SMILES string of the molecule is Cn1nc(C(=O)Nc2nn(Cc3cccc(F)c3)cc2Cl)c(Cl)c1C(F)(F)F. The van der Waals surface area contributed by atoms with E-state index in [0.29, 0.717) is 10.2 Å². The van der Waals surface area contributed by atoms with E-state index in [1.54, 1.807) is 6.07 Å². The molecule has 0 atom stereocenters. The summed E-state index contributed by atoms with van der Waals surface area (Å²) in [5, 5.41) is 9.03. The second-order valence-electron chi connectivity index (χ2n) is 5.74. The number of carbonyl (C=O) groups is 1. The lowest BCUT2D eigenvalue weighted by Crippen LogP contribution is -2.14. The van der Waals surface area contributed by atoms with Crippen LogP contribution in [0.5, 0.6) is 0 Å². The molecule has 0 fully saturated rings. The van der Waals surface area contributed by atoms with Crippen molar-refractivity contribution in [3.05, 3.63) is 63.3 Å². The van der Waals surface area contributed by atoms with E-state index in [2.05, 4.69) is 15.5 Å². The number of aromatic nitrogens is 4. The van der Waals surface area contributed by atoms with E-state index >= 15 is 0 Å². The molecule has 12 heteroatoms. The Balaban J connectivity index is 1.81. The van der Waals surface area contributed by atoms with Gasteiger partial charge in [-0.2, -0.15) is 23.4 Å². The summed E-state index contributed by atoms with van der Waals surface area (Å²) in [7, 11) is 1.02. The number of rotatable bonds is 4. The highest BCUT2D eigenvalue weighted by Crippen LogP contribution is 2.36. The maximum atomic E-state index is 13.3. The summed E-state index contributed by atoms with van der Waals surface area (Å²) in [5.41, 5.74) is -1.27. The van der Waals surface area contributed by atoms with Crippen LogP contribution in [0, 0.1) is 5.82 Å². The minimum absolute atomic E-state index is 0.0350. The summed E-state index contributed by atoms with van der Waals surface area (Å²) in [4.78, 5) is 12.3. The van der Waals surface area contributed by atoms with Crippen molar-refractivity contribution in [2.24, 2.45) is 7.05 Å². The molecule has 1 amide bonds. The van der Waals surface area contributed by atoms with Crippen LogP contribution in [0.1, 0.15) is 21.7 Å². The van der Waals surface area contributed by atoms with E-state index < -0.39 is 34.3 Å². The highest BCUT2D eigenvalue weighted by molar-refractivity contribution is 6.36. The summed E-state index contributed by atoms with van der Waals surface area (Å²) in [6.07, 6.45) is -3.40. The fourth-order valence-electron chi connectivity index (χ4n) is 2.50. The van der Waals surface area contributed by atoms with Crippen LogP contribution < -0.4 is 5.32 Å². The molecule has 0 saturated heterocycles. The van der Waals surface area contributed by atoms with Crippen LogP contribution in [0.3, 0.4) is 0 Å². The number of hydrogen-bond donors (Lipinski definition) is 1. The molecule has 0 unspecified atom stereocenters. The molecule has 0 spiro atoms. The van der Waals surface area contributed by atoms with Gasteiger partial charge in [-0.15, -0.1) is 0 Å². The van der Waals surface area contributed by atoms with Gasteiger partial charge in [0.15, 0.2) is 17.2 Å². The predicted molar refractivity (Wildman–Crippen MR) is 93.9 cm³/mol. The average molecular weight is 436 g/mol. The minimum Gasteiger partial charge on any atom is -0.302 e. The zero-order valence-corrected chi connectivity index (χ0v) is 15.6. The van der Waals surface area contributed by atoms with Gasteiger partial charge in [-0.25, -0.2) is 4.39 Å². The molecule has 0 aliphatic rings. The van der Waals surface area contributed by atoms with Crippen molar-refractivity contribution < 1.29 is 22.4 Å². The monoisotopic (exact) mass is 435 g/mol. The van der Waals surface area contributed by atoms with E-state index in [0.717, 1.165) is 7.05 Å². The van der Waals surface area contributed by atoms with Gasteiger partial charge in [-0.05, 0) is 17.7 Å². The van der Waals surface area contributed by atoms with Crippen LogP contribution in [-0.2, 0) is 19.8 Å². The summed E-state index contributed by atoms with van der Waals surface area (Å²) < 4.78 is 54.0. The number of hydrogen-bond acceptors (Lipinski definition) is 3. The first-order valence-electron chi connectivity index (χ1n) is 7.64. The van der Waals surface area contributed by atoms with Crippen molar-refractivity contribution in [3.63, 3.8) is 0 Å². The number of nitrogens with zero attached hydrogens (tertiary/aromatic N) is 4. The predicted octanol–water partition coefficient (Wildman–Crippen LogP) is 4.38. The zero-order valence-electron chi connectivity index (χ0n) is 14.1. The van der Waals surface area contributed by atoms with Gasteiger partial charge in [0.1, 0.15) is 15.9 Å². The maximum Gasteiger partial charge on any atom is 0.434 e. The minimum atomic E-state index is -4.78. The normalized spacial score (nSPS) is 11.7. The largest absolute Gasteiger partial charge is 0.434 e. The molecule has 0 radical (unpaired) electrons. The van der Waals surface area contributed by atoms with Gasteiger partial charge in [-0.3, -0.25) is 14.2 Å². The van der Waals surface area contributed by atoms with Crippen LogP contribution >= 0.6 is 23.2 Å². The topological polar surface area (TPSA) is 64.7 Å². The van der Waals surface area contributed by atoms with Gasteiger partial charge in [0.05, 0.1) is 6.54 Å². The molecule has 0 aliphatic heterocycles. The third-order valence-electron chi connectivity index (χ3n) is 3.66. The fourth-order valence-corrected chi connectivity index (χ4v) is 3.05. The second kappa shape index (κ2) is 7.44. The first kappa shape index (κ1) is 20.2. The van der Waals surface area contributed by atoms with Gasteiger partial charge in [0.25, 0.3) is 5.91 Å². The van der Waals surface area contributed by atoms with Crippen LogP contribution in [0.4, 0.5) is 23.4 Å². The highest BCUT2D eigenvalue weighted by Gasteiger charge is 2.40. The highest BCUT2D eigenvalue weighted by atomic mass is 35.5. The van der Waals surface area contributed by atoms with Crippen molar-refractivity contribution >= 4 is 34.9 Å². The fraction of sp³-hybridized carbons (Fsp3) is 0.188. The molecule has 0 aliphatic carbocycles. The first-order valence-corrected chi connectivity index (χ1v) is 8.40. The maximum absolute atomic E-state index is 13.3. The smallest absolute Gasteiger partial charge is 0.302 e. The van der Waals surface area contributed by atoms with E-state index in [9.17, 15) is 22.4 Å². The Labute approximate surface area is 165 Å². The molecule has 148 valence electrons. The molecular formula is C16H11Cl2F4N5O. The van der Waals surface area contributed by atoms with Crippen LogP contribution in [0.2, 0.25) is 10.0 Å². The summed E-state index contributed by atoms with van der Waals surface area (Å²) in [5.74, 6) is -1.53. The third-order valence-corrected chi connectivity index (χ3v) is 4.29. The van der Waals surface area contributed by atoms with E-state index in [-0.39, 0.29) is 17.4 Å². The first-order chi connectivity index (χ1) is 13.1. The van der Waals surface area contributed by atoms with E-state index in [1.807, 2.05) is 0 Å². The number of benzene rings is 1. The molecule has 3 rings (SSSR count). The number of amides is 1. The van der Waals surface area contributed by atoms with Gasteiger partial charge in [-0.1, -0.05) is 35.3 Å².